The van der Waals surface area contributed by atoms with Crippen LogP contribution in [0.4, 0.5) is 5.69 Å². The molecular formula is C14H13BrClNO2. The van der Waals surface area contributed by atoms with Crippen LogP contribution >= 0.6 is 27.5 Å². The number of aromatic hydroxyl groups is 2. The summed E-state index contributed by atoms with van der Waals surface area (Å²) >= 11 is 9.36. The number of phenols is 2. The van der Waals surface area contributed by atoms with E-state index >= 15 is 0 Å². The Labute approximate surface area is 125 Å². The molecule has 1 atom stereocenters. The Morgan fingerprint density at radius 2 is 1.74 bits per heavy atom. The molecule has 0 radical (unpaired) electrons. The van der Waals surface area contributed by atoms with Crippen molar-refractivity contribution in [3.63, 3.8) is 0 Å². The zero-order valence-corrected chi connectivity index (χ0v) is 12.5. The van der Waals surface area contributed by atoms with E-state index in [4.69, 9.17) is 11.6 Å². The van der Waals surface area contributed by atoms with Gasteiger partial charge >= 0.3 is 0 Å². The van der Waals surface area contributed by atoms with E-state index in [0.717, 1.165) is 15.7 Å². The maximum atomic E-state index is 9.47. The first-order chi connectivity index (χ1) is 8.95. The summed E-state index contributed by atoms with van der Waals surface area (Å²) in [7, 11) is 0. The fourth-order valence-corrected chi connectivity index (χ4v) is 2.21. The van der Waals surface area contributed by atoms with E-state index in [1.165, 1.54) is 6.07 Å². The van der Waals surface area contributed by atoms with Gasteiger partial charge in [0.2, 0.25) is 0 Å². The molecule has 0 bridgehead atoms. The minimum absolute atomic E-state index is 0.0393. The van der Waals surface area contributed by atoms with Crippen LogP contribution in [0.3, 0.4) is 0 Å². The maximum absolute atomic E-state index is 9.47. The fourth-order valence-electron chi connectivity index (χ4n) is 1.79. The summed E-state index contributed by atoms with van der Waals surface area (Å²) in [6.45, 7) is 1.93. The molecule has 0 saturated carbocycles. The third-order valence-corrected chi connectivity index (χ3v) is 3.96. The van der Waals surface area contributed by atoms with Gasteiger partial charge in [-0.05, 0) is 58.7 Å². The number of nitrogens with one attached hydrogen (secondary N) is 1. The minimum atomic E-state index is -0.0738. The van der Waals surface area contributed by atoms with Crippen LogP contribution < -0.4 is 5.32 Å². The monoisotopic (exact) mass is 341 g/mol. The Balaban J connectivity index is 2.20. The molecule has 19 heavy (non-hydrogen) atoms. The van der Waals surface area contributed by atoms with E-state index in [2.05, 4.69) is 21.2 Å². The number of hydrogen-bond donors (Lipinski definition) is 3. The summed E-state index contributed by atoms with van der Waals surface area (Å²) in [5.41, 5.74) is 1.65. The zero-order valence-electron chi connectivity index (χ0n) is 10.2. The van der Waals surface area contributed by atoms with Gasteiger partial charge in [0.1, 0.15) is 11.5 Å². The average molecular weight is 343 g/mol. The smallest absolute Gasteiger partial charge is 0.119 e. The predicted octanol–water partition coefficient (Wildman–Crippen LogP) is 4.69. The number of phenolic OH excluding ortho intramolecular Hbond substituents is 2. The first-order valence-electron chi connectivity index (χ1n) is 5.70. The molecule has 0 fully saturated rings. The standard InChI is InChI=1S/C14H13BrClNO2/c1-8(9-4-11(18)7-12(19)5-9)17-10-2-3-13(15)14(16)6-10/h2-8,17-19H,1H3. The molecule has 0 spiro atoms. The molecule has 2 rings (SSSR count). The van der Waals surface area contributed by atoms with E-state index in [0.29, 0.717) is 5.02 Å². The molecule has 2 aromatic rings. The van der Waals surface area contributed by atoms with Crippen LogP contribution in [-0.4, -0.2) is 10.2 Å². The largest absolute Gasteiger partial charge is 0.508 e. The molecule has 100 valence electrons. The highest BCUT2D eigenvalue weighted by Gasteiger charge is 2.09. The summed E-state index contributed by atoms with van der Waals surface area (Å²) < 4.78 is 0.836. The lowest BCUT2D eigenvalue weighted by atomic mass is 10.1. The van der Waals surface area contributed by atoms with Gasteiger partial charge in [0.05, 0.1) is 5.02 Å². The Morgan fingerprint density at radius 3 is 2.32 bits per heavy atom. The van der Waals surface area contributed by atoms with Gasteiger partial charge in [0.15, 0.2) is 0 Å². The molecule has 0 saturated heterocycles. The molecule has 0 heterocycles. The number of rotatable bonds is 3. The van der Waals surface area contributed by atoms with Crippen molar-refractivity contribution in [2.45, 2.75) is 13.0 Å². The summed E-state index contributed by atoms with van der Waals surface area (Å²) in [6, 6.07) is 10.0. The lowest BCUT2D eigenvalue weighted by Crippen LogP contribution is -2.06. The van der Waals surface area contributed by atoms with Crippen molar-refractivity contribution in [3.05, 3.63) is 51.5 Å². The molecule has 1 unspecified atom stereocenters. The van der Waals surface area contributed by atoms with Crippen LogP contribution in [0.25, 0.3) is 0 Å². The van der Waals surface area contributed by atoms with Crippen molar-refractivity contribution < 1.29 is 10.2 Å². The van der Waals surface area contributed by atoms with E-state index in [9.17, 15) is 10.2 Å². The summed E-state index contributed by atoms with van der Waals surface area (Å²) in [5.74, 6) is 0.0787. The molecule has 0 amide bonds. The van der Waals surface area contributed by atoms with Gasteiger partial charge in [0.25, 0.3) is 0 Å². The molecule has 0 aliphatic rings. The van der Waals surface area contributed by atoms with Crippen LogP contribution in [0, 0.1) is 0 Å². The summed E-state index contributed by atoms with van der Waals surface area (Å²) in [4.78, 5) is 0. The Kier molecular flexibility index (Phi) is 4.22. The number of hydrogen-bond acceptors (Lipinski definition) is 3. The van der Waals surface area contributed by atoms with Gasteiger partial charge in [-0.1, -0.05) is 11.6 Å². The number of anilines is 1. The second-order valence-corrected chi connectivity index (χ2v) is 5.54. The minimum Gasteiger partial charge on any atom is -0.508 e. The van der Waals surface area contributed by atoms with Gasteiger partial charge in [-0.25, -0.2) is 0 Å². The Hall–Kier alpha value is -1.39. The highest BCUT2D eigenvalue weighted by molar-refractivity contribution is 9.10. The molecule has 2 aromatic carbocycles. The maximum Gasteiger partial charge on any atom is 0.119 e. The van der Waals surface area contributed by atoms with Gasteiger partial charge in [-0.2, -0.15) is 0 Å². The molecule has 5 heteroatoms. The zero-order chi connectivity index (χ0) is 14.0. The lowest BCUT2D eigenvalue weighted by Gasteiger charge is -2.16. The van der Waals surface area contributed by atoms with E-state index in [1.807, 2.05) is 25.1 Å². The van der Waals surface area contributed by atoms with E-state index < -0.39 is 0 Å². The lowest BCUT2D eigenvalue weighted by molar-refractivity contribution is 0.448. The van der Waals surface area contributed by atoms with Gasteiger partial charge < -0.3 is 15.5 Å². The van der Waals surface area contributed by atoms with Crippen LogP contribution in [0.15, 0.2) is 40.9 Å². The van der Waals surface area contributed by atoms with Crippen molar-refractivity contribution >= 4 is 33.2 Å². The van der Waals surface area contributed by atoms with Crippen LogP contribution in [0.2, 0.25) is 5.02 Å². The third kappa shape index (κ3) is 3.55. The predicted molar refractivity (Wildman–Crippen MR) is 81.0 cm³/mol. The van der Waals surface area contributed by atoms with E-state index in [1.54, 1.807) is 12.1 Å². The second-order valence-electron chi connectivity index (χ2n) is 4.28. The highest BCUT2D eigenvalue weighted by Crippen LogP contribution is 2.30. The number of halogens is 2. The molecule has 0 aliphatic heterocycles. The van der Waals surface area contributed by atoms with Crippen LogP contribution in [-0.2, 0) is 0 Å². The number of benzene rings is 2. The van der Waals surface area contributed by atoms with Crippen LogP contribution in [0.1, 0.15) is 18.5 Å². The van der Waals surface area contributed by atoms with Crippen LogP contribution in [0.5, 0.6) is 11.5 Å². The van der Waals surface area contributed by atoms with Crippen molar-refractivity contribution in [2.75, 3.05) is 5.32 Å². The molecule has 3 N–H and O–H groups in total. The Morgan fingerprint density at radius 1 is 1.11 bits per heavy atom. The van der Waals surface area contributed by atoms with E-state index in [-0.39, 0.29) is 17.5 Å². The first kappa shape index (κ1) is 14.0. The molecule has 0 aromatic heterocycles. The highest BCUT2D eigenvalue weighted by atomic mass is 79.9. The topological polar surface area (TPSA) is 52.5 Å². The first-order valence-corrected chi connectivity index (χ1v) is 6.87. The Bertz CT molecular complexity index is 584. The average Bonchev–Trinajstić information content (AvgIpc) is 2.32. The van der Waals surface area contributed by atoms with Gasteiger partial charge in [-0.15, -0.1) is 0 Å². The normalized spacial score (nSPS) is 12.2. The van der Waals surface area contributed by atoms with Crippen molar-refractivity contribution in [3.8, 4) is 11.5 Å². The van der Waals surface area contributed by atoms with Gasteiger partial charge in [0, 0.05) is 22.3 Å². The third-order valence-electron chi connectivity index (χ3n) is 2.73. The second kappa shape index (κ2) is 5.72. The van der Waals surface area contributed by atoms with Crippen molar-refractivity contribution in [1.29, 1.82) is 0 Å². The quantitative estimate of drug-likeness (QED) is 0.758. The molecule has 3 nitrogen and oxygen atoms in total. The van der Waals surface area contributed by atoms with Gasteiger partial charge in [-0.3, -0.25) is 0 Å². The summed E-state index contributed by atoms with van der Waals surface area (Å²) in [5, 5.41) is 22.8. The summed E-state index contributed by atoms with van der Waals surface area (Å²) in [6.07, 6.45) is 0. The van der Waals surface area contributed by atoms with Crippen molar-refractivity contribution in [1.82, 2.24) is 0 Å². The fraction of sp³-hybridized carbons (Fsp3) is 0.143. The van der Waals surface area contributed by atoms with Crippen molar-refractivity contribution in [2.24, 2.45) is 0 Å². The molecular weight excluding hydrogens is 330 g/mol. The molecule has 0 aliphatic carbocycles. The SMILES string of the molecule is CC(Nc1ccc(Br)c(Cl)c1)c1cc(O)cc(O)c1.